The van der Waals surface area contributed by atoms with E-state index in [9.17, 15) is 0 Å². The number of allylic oxidation sites excluding steroid dienone is 2. The van der Waals surface area contributed by atoms with Gasteiger partial charge in [-0.3, -0.25) is 0 Å². The first-order valence-electron chi connectivity index (χ1n) is 4.72. The van der Waals surface area contributed by atoms with Gasteiger partial charge in [0.05, 0.1) is 0 Å². The molecule has 0 spiro atoms. The minimum Gasteiger partial charge on any atom is -0.0820 e. The van der Waals surface area contributed by atoms with Crippen molar-refractivity contribution in [3.63, 3.8) is 0 Å². The highest BCUT2D eigenvalue weighted by molar-refractivity contribution is 5.14. The Kier molecular flexibility index (Phi) is 1.28. The predicted molar refractivity (Wildman–Crippen MR) is 48.4 cm³/mol. The summed E-state index contributed by atoms with van der Waals surface area (Å²) in [4.78, 5) is 0. The Hall–Kier alpha value is -0.260. The van der Waals surface area contributed by atoms with Gasteiger partial charge >= 0.3 is 0 Å². The molecule has 2 aliphatic carbocycles. The van der Waals surface area contributed by atoms with Crippen LogP contribution in [0.4, 0.5) is 0 Å². The highest BCUT2D eigenvalue weighted by atomic mass is 14.5. The number of fused-ring (bicyclic) bond motifs is 2. The summed E-state index contributed by atoms with van der Waals surface area (Å²) in [6, 6.07) is 0. The van der Waals surface area contributed by atoms with Crippen molar-refractivity contribution >= 4 is 0 Å². The van der Waals surface area contributed by atoms with Crippen LogP contribution in [-0.4, -0.2) is 0 Å². The van der Waals surface area contributed by atoms with E-state index in [0.717, 1.165) is 5.92 Å². The largest absolute Gasteiger partial charge is 0.0820 e. The average molecular weight is 150 g/mol. The van der Waals surface area contributed by atoms with Crippen molar-refractivity contribution in [3.05, 3.63) is 12.2 Å². The van der Waals surface area contributed by atoms with Crippen LogP contribution in [-0.2, 0) is 0 Å². The summed E-state index contributed by atoms with van der Waals surface area (Å²) >= 11 is 0. The van der Waals surface area contributed by atoms with E-state index < -0.39 is 0 Å². The number of hydrogen-bond donors (Lipinski definition) is 0. The summed E-state index contributed by atoms with van der Waals surface area (Å²) in [7, 11) is 0. The van der Waals surface area contributed by atoms with Crippen molar-refractivity contribution in [1.29, 1.82) is 0 Å². The van der Waals surface area contributed by atoms with Crippen molar-refractivity contribution in [2.24, 2.45) is 16.7 Å². The fourth-order valence-electron chi connectivity index (χ4n) is 2.61. The van der Waals surface area contributed by atoms with E-state index in [2.05, 4.69) is 32.9 Å². The van der Waals surface area contributed by atoms with Crippen LogP contribution in [0.25, 0.3) is 0 Å². The zero-order valence-electron chi connectivity index (χ0n) is 7.85. The van der Waals surface area contributed by atoms with Crippen molar-refractivity contribution in [1.82, 2.24) is 0 Å². The van der Waals surface area contributed by atoms with Crippen LogP contribution in [0.3, 0.4) is 0 Å². The molecule has 0 heteroatoms. The lowest BCUT2D eigenvalue weighted by Crippen LogP contribution is -2.25. The molecule has 2 atom stereocenters. The molecule has 0 aliphatic heterocycles. The van der Waals surface area contributed by atoms with Gasteiger partial charge in [0.25, 0.3) is 0 Å². The molecule has 11 heavy (non-hydrogen) atoms. The van der Waals surface area contributed by atoms with Gasteiger partial charge in [-0.15, -0.1) is 0 Å². The van der Waals surface area contributed by atoms with Crippen LogP contribution >= 0.6 is 0 Å². The van der Waals surface area contributed by atoms with Crippen molar-refractivity contribution in [3.8, 4) is 0 Å². The summed E-state index contributed by atoms with van der Waals surface area (Å²) in [5.74, 6) is 0.956. The number of rotatable bonds is 0. The van der Waals surface area contributed by atoms with Gasteiger partial charge in [0.15, 0.2) is 0 Å². The minimum atomic E-state index is 0.482. The lowest BCUT2D eigenvalue weighted by Gasteiger charge is -2.34. The molecule has 2 aliphatic rings. The maximum absolute atomic E-state index is 2.45. The van der Waals surface area contributed by atoms with Crippen molar-refractivity contribution in [2.45, 2.75) is 40.0 Å². The molecule has 0 nitrogen and oxygen atoms in total. The quantitative estimate of drug-likeness (QED) is 0.464. The third kappa shape index (κ3) is 1.04. The molecule has 62 valence electrons. The van der Waals surface area contributed by atoms with Crippen LogP contribution in [0.1, 0.15) is 40.0 Å². The molecule has 0 aromatic carbocycles. The molecule has 0 aromatic heterocycles. The third-order valence-corrected chi connectivity index (χ3v) is 3.74. The predicted octanol–water partition coefficient (Wildman–Crippen LogP) is 3.39. The number of hydrogen-bond acceptors (Lipinski definition) is 0. The van der Waals surface area contributed by atoms with E-state index in [1.807, 2.05) is 0 Å². The molecular formula is C11H18. The van der Waals surface area contributed by atoms with Gasteiger partial charge in [-0.25, -0.2) is 0 Å². The van der Waals surface area contributed by atoms with E-state index in [4.69, 9.17) is 0 Å². The van der Waals surface area contributed by atoms with Gasteiger partial charge in [-0.1, -0.05) is 32.9 Å². The molecule has 0 heterocycles. The van der Waals surface area contributed by atoms with Crippen LogP contribution < -0.4 is 0 Å². The van der Waals surface area contributed by atoms with Crippen LogP contribution in [0.15, 0.2) is 12.2 Å². The first-order valence-corrected chi connectivity index (χ1v) is 4.72. The smallest absolute Gasteiger partial charge is 0.0143 e. The fraction of sp³-hybridized carbons (Fsp3) is 0.818. The lowest BCUT2D eigenvalue weighted by molar-refractivity contribution is 0.247. The van der Waals surface area contributed by atoms with Gasteiger partial charge in [0, 0.05) is 0 Å². The molecule has 2 rings (SSSR count). The molecule has 1 saturated carbocycles. The van der Waals surface area contributed by atoms with Gasteiger partial charge in [0.2, 0.25) is 0 Å². The Bertz CT molecular complexity index is 200. The Balaban J connectivity index is 2.33. The van der Waals surface area contributed by atoms with Crippen molar-refractivity contribution in [2.75, 3.05) is 0 Å². The Labute approximate surface area is 69.7 Å². The lowest BCUT2D eigenvalue weighted by atomic mass is 9.70. The van der Waals surface area contributed by atoms with E-state index in [-0.39, 0.29) is 0 Å². The van der Waals surface area contributed by atoms with Crippen LogP contribution in [0, 0.1) is 16.7 Å². The molecular weight excluding hydrogens is 132 g/mol. The highest BCUT2D eigenvalue weighted by Crippen LogP contribution is 2.54. The summed E-state index contributed by atoms with van der Waals surface area (Å²) in [6.07, 6.45) is 9.18. The van der Waals surface area contributed by atoms with E-state index in [0.29, 0.717) is 10.8 Å². The molecule has 0 radical (unpaired) electrons. The molecule has 2 unspecified atom stereocenters. The summed E-state index contributed by atoms with van der Waals surface area (Å²) < 4.78 is 0. The van der Waals surface area contributed by atoms with Gasteiger partial charge in [-0.05, 0) is 36.0 Å². The van der Waals surface area contributed by atoms with Gasteiger partial charge in [-0.2, -0.15) is 0 Å². The molecule has 0 aromatic rings. The zero-order valence-corrected chi connectivity index (χ0v) is 7.85. The summed E-state index contributed by atoms with van der Waals surface area (Å²) in [5.41, 5.74) is 1.05. The second-order valence-corrected chi connectivity index (χ2v) is 5.25. The Morgan fingerprint density at radius 1 is 1.18 bits per heavy atom. The maximum atomic E-state index is 2.45. The normalized spacial score (nSPS) is 46.3. The van der Waals surface area contributed by atoms with Gasteiger partial charge < -0.3 is 0 Å². The third-order valence-electron chi connectivity index (χ3n) is 3.74. The van der Waals surface area contributed by atoms with E-state index in [1.165, 1.54) is 19.3 Å². The SMILES string of the molecule is CC12C=CC(C)(C)C(CC1)C2. The molecule has 2 bridgehead atoms. The molecule has 1 fully saturated rings. The molecule has 0 amide bonds. The highest BCUT2D eigenvalue weighted by Gasteiger charge is 2.43. The van der Waals surface area contributed by atoms with Crippen LogP contribution in [0.2, 0.25) is 0 Å². The second kappa shape index (κ2) is 1.91. The van der Waals surface area contributed by atoms with E-state index >= 15 is 0 Å². The molecule has 0 saturated heterocycles. The second-order valence-electron chi connectivity index (χ2n) is 5.25. The fourth-order valence-corrected chi connectivity index (χ4v) is 2.61. The van der Waals surface area contributed by atoms with Gasteiger partial charge in [0.1, 0.15) is 0 Å². The van der Waals surface area contributed by atoms with Crippen molar-refractivity contribution < 1.29 is 0 Å². The molecule has 0 N–H and O–H groups in total. The van der Waals surface area contributed by atoms with Crippen LogP contribution in [0.5, 0.6) is 0 Å². The first kappa shape index (κ1) is 7.39. The summed E-state index contributed by atoms with van der Waals surface area (Å²) in [5, 5.41) is 0. The summed E-state index contributed by atoms with van der Waals surface area (Å²) in [6.45, 7) is 7.15. The minimum absolute atomic E-state index is 0.482. The monoisotopic (exact) mass is 150 g/mol. The Morgan fingerprint density at radius 3 is 2.55 bits per heavy atom. The standard InChI is InChI=1S/C11H18/c1-10(2)6-7-11(3)5-4-9(10)8-11/h6-7,9H,4-5,8H2,1-3H3. The average Bonchev–Trinajstić information content (AvgIpc) is 2.25. The Morgan fingerprint density at radius 2 is 1.91 bits per heavy atom. The zero-order chi connectivity index (χ0) is 8.11. The van der Waals surface area contributed by atoms with E-state index in [1.54, 1.807) is 0 Å². The maximum Gasteiger partial charge on any atom is -0.0143 e. The topological polar surface area (TPSA) is 0 Å². The first-order chi connectivity index (χ1) is 5.02.